The van der Waals surface area contributed by atoms with E-state index in [4.69, 9.17) is 16.3 Å². The van der Waals surface area contributed by atoms with E-state index < -0.39 is 11.7 Å². The number of aromatic nitrogens is 1. The summed E-state index contributed by atoms with van der Waals surface area (Å²) >= 11 is 6.87. The third kappa shape index (κ3) is 7.96. The van der Waals surface area contributed by atoms with E-state index in [1.165, 1.54) is 29.2 Å². The van der Waals surface area contributed by atoms with Crippen LogP contribution < -0.4 is 10.1 Å². The Morgan fingerprint density at radius 3 is 2.33 bits per heavy atom. The maximum absolute atomic E-state index is 13.1. The number of anilines is 1. The zero-order valence-electron chi connectivity index (χ0n) is 20.9. The number of amides is 1. The maximum Gasteiger partial charge on any atom is 0.417 e. The largest absolute Gasteiger partial charge is 0.484 e. The summed E-state index contributed by atoms with van der Waals surface area (Å²) in [5.41, 5.74) is 0.991. The molecule has 0 aliphatic heterocycles. The molecule has 1 aromatic heterocycles. The van der Waals surface area contributed by atoms with Crippen molar-refractivity contribution in [2.45, 2.75) is 59.1 Å². The van der Waals surface area contributed by atoms with Crippen LogP contribution in [0.15, 0.2) is 48.7 Å². The fraction of sp³-hybridized carbons (Fsp3) is 0.407. The molecule has 0 aliphatic carbocycles. The number of benzene rings is 2. The van der Waals surface area contributed by atoms with Crippen LogP contribution in [0.25, 0.3) is 0 Å². The molecule has 2 aromatic carbocycles. The van der Waals surface area contributed by atoms with Gasteiger partial charge in [-0.1, -0.05) is 64.4 Å². The molecule has 0 bridgehead atoms. The Labute approximate surface area is 218 Å². The van der Waals surface area contributed by atoms with E-state index in [0.717, 1.165) is 12.5 Å². The van der Waals surface area contributed by atoms with Gasteiger partial charge in [0.25, 0.3) is 5.91 Å². The second-order valence-corrected chi connectivity index (χ2v) is 12.1. The van der Waals surface area contributed by atoms with E-state index in [-0.39, 0.29) is 34.8 Å². The molecule has 0 atom stereocenters. The lowest BCUT2D eigenvalue weighted by molar-refractivity contribution is -0.137. The third-order valence-corrected chi connectivity index (χ3v) is 6.73. The fourth-order valence-electron chi connectivity index (χ4n) is 4.28. The molecule has 0 saturated carbocycles. The van der Waals surface area contributed by atoms with Gasteiger partial charge in [0.2, 0.25) is 0 Å². The topological polar surface area (TPSA) is 51.2 Å². The van der Waals surface area contributed by atoms with Gasteiger partial charge < -0.3 is 4.74 Å². The highest BCUT2D eigenvalue weighted by atomic mass is 35.5. The van der Waals surface area contributed by atoms with Crippen molar-refractivity contribution in [1.82, 2.24) is 4.98 Å². The summed E-state index contributed by atoms with van der Waals surface area (Å²) < 4.78 is 44.9. The van der Waals surface area contributed by atoms with Gasteiger partial charge in [-0.2, -0.15) is 13.2 Å². The number of ether oxygens (including phenoxy) is 1. The van der Waals surface area contributed by atoms with E-state index in [1.54, 1.807) is 6.07 Å². The molecule has 0 saturated heterocycles. The van der Waals surface area contributed by atoms with Crippen molar-refractivity contribution in [3.05, 3.63) is 75.3 Å². The Morgan fingerprint density at radius 2 is 1.72 bits per heavy atom. The number of hydrogen-bond donors (Lipinski definition) is 1. The van der Waals surface area contributed by atoms with E-state index >= 15 is 0 Å². The van der Waals surface area contributed by atoms with Crippen LogP contribution in [0.1, 0.15) is 62.6 Å². The van der Waals surface area contributed by atoms with Crippen molar-refractivity contribution in [1.29, 1.82) is 0 Å². The van der Waals surface area contributed by atoms with Crippen molar-refractivity contribution >= 4 is 34.0 Å². The van der Waals surface area contributed by atoms with Gasteiger partial charge in [-0.3, -0.25) is 10.1 Å². The first-order valence-corrected chi connectivity index (χ1v) is 12.7. The summed E-state index contributed by atoms with van der Waals surface area (Å²) in [4.78, 5) is 17.2. The van der Waals surface area contributed by atoms with Crippen LogP contribution in [0.4, 0.5) is 18.3 Å². The zero-order valence-corrected chi connectivity index (χ0v) is 22.5. The number of carbonyl (C=O) groups excluding carboxylic acids is 1. The van der Waals surface area contributed by atoms with Gasteiger partial charge in [0.1, 0.15) is 5.75 Å². The molecule has 3 rings (SSSR count). The highest BCUT2D eigenvalue weighted by Crippen LogP contribution is 2.37. The van der Waals surface area contributed by atoms with Gasteiger partial charge in [-0.25, -0.2) is 4.98 Å². The Kier molecular flexibility index (Phi) is 8.41. The van der Waals surface area contributed by atoms with E-state index in [1.807, 2.05) is 24.3 Å². The quantitative estimate of drug-likeness (QED) is 0.315. The van der Waals surface area contributed by atoms with Crippen molar-refractivity contribution < 1.29 is 22.7 Å². The average Bonchev–Trinajstić information content (AvgIpc) is 3.18. The van der Waals surface area contributed by atoms with Crippen molar-refractivity contribution in [3.63, 3.8) is 0 Å². The van der Waals surface area contributed by atoms with Crippen LogP contribution in [-0.4, -0.2) is 17.5 Å². The first-order chi connectivity index (χ1) is 16.6. The Morgan fingerprint density at radius 1 is 1.06 bits per heavy atom. The highest BCUT2D eigenvalue weighted by molar-refractivity contribution is 7.15. The first kappa shape index (κ1) is 28.0. The normalized spacial score (nSPS) is 12.5. The predicted octanol–water partition coefficient (Wildman–Crippen LogP) is 8.14. The second kappa shape index (κ2) is 10.8. The summed E-state index contributed by atoms with van der Waals surface area (Å²) in [7, 11) is 0. The lowest BCUT2D eigenvalue weighted by atomic mass is 9.72. The average molecular weight is 539 g/mol. The summed E-state index contributed by atoms with van der Waals surface area (Å²) in [6, 6.07) is 11.6. The maximum atomic E-state index is 13.1. The molecule has 3 aromatic rings. The minimum absolute atomic E-state index is 0.0109. The van der Waals surface area contributed by atoms with Crippen molar-refractivity contribution in [2.75, 3.05) is 11.9 Å². The van der Waals surface area contributed by atoms with E-state index in [0.29, 0.717) is 21.3 Å². The standard InChI is InChI=1S/C27H30ClF3N2O2S/c1-25(2,3)16-26(4,5)18-7-9-19(10-8-18)35-15-23(34)33-24-32-14-20(36-24)12-17-6-11-22(28)21(13-17)27(29,30)31/h6-11,13-14H,12,15-16H2,1-5H3,(H,32,33,34). The van der Waals surface area contributed by atoms with Gasteiger partial charge >= 0.3 is 6.18 Å². The molecule has 9 heteroatoms. The van der Waals surface area contributed by atoms with Gasteiger partial charge in [0, 0.05) is 17.5 Å². The molecule has 1 N–H and O–H groups in total. The van der Waals surface area contributed by atoms with Crippen molar-refractivity contribution in [2.24, 2.45) is 5.41 Å². The zero-order chi connectivity index (χ0) is 26.7. The number of alkyl halides is 3. The Balaban J connectivity index is 1.54. The molecule has 194 valence electrons. The molecule has 36 heavy (non-hydrogen) atoms. The van der Waals surface area contributed by atoms with Gasteiger partial charge in [-0.15, -0.1) is 11.3 Å². The lowest BCUT2D eigenvalue weighted by Crippen LogP contribution is -2.24. The first-order valence-electron chi connectivity index (χ1n) is 11.5. The minimum Gasteiger partial charge on any atom is -0.484 e. The lowest BCUT2D eigenvalue weighted by Gasteiger charge is -2.33. The van der Waals surface area contributed by atoms with Crippen LogP contribution in [-0.2, 0) is 22.8 Å². The SMILES string of the molecule is CC(C)(C)CC(C)(C)c1ccc(OCC(=O)Nc2ncc(Cc3ccc(Cl)c(C(F)(F)F)c3)s2)cc1. The fourth-order valence-corrected chi connectivity index (χ4v) is 5.37. The molecule has 0 fully saturated rings. The summed E-state index contributed by atoms with van der Waals surface area (Å²) in [5.74, 6) is 0.211. The van der Waals surface area contributed by atoms with Crippen LogP contribution in [0.5, 0.6) is 5.75 Å². The third-order valence-electron chi connectivity index (χ3n) is 5.49. The van der Waals surface area contributed by atoms with Crippen LogP contribution in [0.2, 0.25) is 5.02 Å². The summed E-state index contributed by atoms with van der Waals surface area (Å²) in [5, 5.41) is 2.68. The molecule has 0 spiro atoms. The Hall–Kier alpha value is -2.58. The second-order valence-electron chi connectivity index (χ2n) is 10.6. The van der Waals surface area contributed by atoms with Gasteiger partial charge in [0.05, 0.1) is 10.6 Å². The summed E-state index contributed by atoms with van der Waals surface area (Å²) in [6.45, 7) is 10.9. The number of nitrogens with one attached hydrogen (secondary N) is 1. The van der Waals surface area contributed by atoms with Gasteiger partial charge in [0.15, 0.2) is 11.7 Å². The Bertz CT molecular complexity index is 1200. The predicted molar refractivity (Wildman–Crippen MR) is 139 cm³/mol. The van der Waals surface area contributed by atoms with Crippen LogP contribution in [0, 0.1) is 5.41 Å². The van der Waals surface area contributed by atoms with Crippen LogP contribution >= 0.6 is 22.9 Å². The van der Waals surface area contributed by atoms with Crippen molar-refractivity contribution in [3.8, 4) is 5.75 Å². The molecular formula is C27H30ClF3N2O2S. The molecule has 1 amide bonds. The van der Waals surface area contributed by atoms with Gasteiger partial charge in [-0.05, 0) is 52.6 Å². The summed E-state index contributed by atoms with van der Waals surface area (Å²) in [6.07, 6.45) is -1.73. The number of nitrogens with zero attached hydrogens (tertiary/aromatic N) is 1. The molecule has 0 radical (unpaired) electrons. The molecular weight excluding hydrogens is 509 g/mol. The molecule has 4 nitrogen and oxygen atoms in total. The van der Waals surface area contributed by atoms with E-state index in [9.17, 15) is 18.0 Å². The number of carbonyl (C=O) groups is 1. The number of hydrogen-bond acceptors (Lipinski definition) is 4. The minimum atomic E-state index is -4.52. The number of halogens is 4. The molecule has 0 unspecified atom stereocenters. The van der Waals surface area contributed by atoms with Crippen LogP contribution in [0.3, 0.4) is 0 Å². The highest BCUT2D eigenvalue weighted by Gasteiger charge is 2.33. The van der Waals surface area contributed by atoms with E-state index in [2.05, 4.69) is 44.9 Å². The number of thiazole rings is 1. The number of rotatable bonds is 8. The smallest absolute Gasteiger partial charge is 0.417 e. The monoisotopic (exact) mass is 538 g/mol. The molecule has 1 heterocycles. The molecule has 0 aliphatic rings.